The monoisotopic (exact) mass is 131 g/mol. The van der Waals surface area contributed by atoms with Crippen molar-refractivity contribution in [1.29, 1.82) is 0 Å². The summed E-state index contributed by atoms with van der Waals surface area (Å²) in [4.78, 5) is 10.5. The van der Waals surface area contributed by atoms with Crippen molar-refractivity contribution in [2.24, 2.45) is 5.73 Å². The highest BCUT2D eigenvalue weighted by Crippen LogP contribution is 1.66. The van der Waals surface area contributed by atoms with E-state index in [0.717, 1.165) is 19.6 Å². The highest BCUT2D eigenvalue weighted by molar-refractivity contribution is 5.78. The second-order valence-electron chi connectivity index (χ2n) is 2.35. The molecular formula is C5H13N3O+2. The van der Waals surface area contributed by atoms with E-state index in [1.54, 1.807) is 0 Å². The molecule has 0 aromatic heterocycles. The SMILES string of the molecule is NC(=O)[C@@H]1C[NH2+]CC[NH2+]1. The van der Waals surface area contributed by atoms with E-state index in [-0.39, 0.29) is 11.9 Å². The first-order chi connectivity index (χ1) is 4.30. The molecule has 9 heavy (non-hydrogen) atoms. The maximum atomic E-state index is 10.5. The van der Waals surface area contributed by atoms with Crippen LogP contribution in [0.3, 0.4) is 0 Å². The van der Waals surface area contributed by atoms with Gasteiger partial charge in [-0.15, -0.1) is 0 Å². The minimum Gasteiger partial charge on any atom is -0.364 e. The Morgan fingerprint density at radius 2 is 2.33 bits per heavy atom. The zero-order valence-electron chi connectivity index (χ0n) is 5.34. The van der Waals surface area contributed by atoms with Crippen molar-refractivity contribution in [2.45, 2.75) is 6.04 Å². The van der Waals surface area contributed by atoms with Gasteiger partial charge in [0.15, 0.2) is 0 Å². The molecule has 0 aliphatic carbocycles. The van der Waals surface area contributed by atoms with Crippen molar-refractivity contribution in [3.63, 3.8) is 0 Å². The molecule has 0 bridgehead atoms. The molecule has 4 nitrogen and oxygen atoms in total. The zero-order valence-corrected chi connectivity index (χ0v) is 5.34. The van der Waals surface area contributed by atoms with Crippen LogP contribution >= 0.6 is 0 Å². The number of quaternary nitrogens is 2. The van der Waals surface area contributed by atoms with E-state index >= 15 is 0 Å². The van der Waals surface area contributed by atoms with Gasteiger partial charge in [0.2, 0.25) is 6.04 Å². The molecule has 52 valence electrons. The molecule has 1 saturated heterocycles. The summed E-state index contributed by atoms with van der Waals surface area (Å²) in [6, 6.07) is 0.0127. The number of rotatable bonds is 1. The summed E-state index contributed by atoms with van der Waals surface area (Å²) in [5.74, 6) is -0.189. The van der Waals surface area contributed by atoms with Crippen LogP contribution in [-0.4, -0.2) is 31.6 Å². The molecule has 1 rings (SSSR count). The fourth-order valence-corrected chi connectivity index (χ4v) is 1.04. The van der Waals surface area contributed by atoms with Crippen LogP contribution in [0.2, 0.25) is 0 Å². The third-order valence-corrected chi connectivity index (χ3v) is 1.61. The Hall–Kier alpha value is -0.610. The van der Waals surface area contributed by atoms with E-state index in [9.17, 15) is 4.79 Å². The number of carbonyl (C=O) groups is 1. The Balaban J connectivity index is 2.31. The third kappa shape index (κ3) is 1.65. The summed E-state index contributed by atoms with van der Waals surface area (Å²) in [5.41, 5.74) is 5.08. The highest BCUT2D eigenvalue weighted by atomic mass is 16.1. The van der Waals surface area contributed by atoms with Crippen LogP contribution in [0.15, 0.2) is 0 Å². The number of amides is 1. The Morgan fingerprint density at radius 1 is 1.56 bits per heavy atom. The first-order valence-electron chi connectivity index (χ1n) is 3.25. The van der Waals surface area contributed by atoms with Crippen molar-refractivity contribution in [3.8, 4) is 0 Å². The number of piperazine rings is 1. The maximum Gasteiger partial charge on any atom is 0.281 e. The topological polar surface area (TPSA) is 76.3 Å². The molecule has 1 amide bonds. The summed E-state index contributed by atoms with van der Waals surface area (Å²) < 4.78 is 0. The fourth-order valence-electron chi connectivity index (χ4n) is 1.04. The molecule has 1 aliphatic rings. The molecular weight excluding hydrogens is 118 g/mol. The highest BCUT2D eigenvalue weighted by Gasteiger charge is 2.23. The zero-order chi connectivity index (χ0) is 6.69. The van der Waals surface area contributed by atoms with Crippen LogP contribution in [0.4, 0.5) is 0 Å². The Labute approximate surface area is 53.8 Å². The Morgan fingerprint density at radius 3 is 2.67 bits per heavy atom. The van der Waals surface area contributed by atoms with Gasteiger partial charge in [0.1, 0.15) is 19.6 Å². The molecule has 1 heterocycles. The first-order valence-corrected chi connectivity index (χ1v) is 3.25. The second kappa shape index (κ2) is 2.80. The summed E-state index contributed by atoms with van der Waals surface area (Å²) in [7, 11) is 0. The number of hydrogen-bond acceptors (Lipinski definition) is 1. The van der Waals surface area contributed by atoms with Crippen molar-refractivity contribution in [3.05, 3.63) is 0 Å². The summed E-state index contributed by atoms with van der Waals surface area (Å²) >= 11 is 0. The van der Waals surface area contributed by atoms with Crippen LogP contribution in [0, 0.1) is 0 Å². The molecule has 0 aromatic carbocycles. The van der Waals surface area contributed by atoms with Gasteiger partial charge in [0.25, 0.3) is 5.91 Å². The van der Waals surface area contributed by atoms with Gasteiger partial charge in [0, 0.05) is 0 Å². The molecule has 0 saturated carbocycles. The fraction of sp³-hybridized carbons (Fsp3) is 0.800. The van der Waals surface area contributed by atoms with E-state index in [2.05, 4.69) is 5.32 Å². The average Bonchev–Trinajstić information content (AvgIpc) is 1.90. The number of hydrogen-bond donors (Lipinski definition) is 3. The molecule has 0 unspecified atom stereocenters. The van der Waals surface area contributed by atoms with E-state index in [1.165, 1.54) is 0 Å². The van der Waals surface area contributed by atoms with Gasteiger partial charge in [-0.05, 0) is 0 Å². The van der Waals surface area contributed by atoms with Crippen molar-refractivity contribution < 1.29 is 15.4 Å². The molecule has 0 aromatic rings. The molecule has 0 radical (unpaired) electrons. The van der Waals surface area contributed by atoms with Gasteiger partial charge in [-0.1, -0.05) is 0 Å². The van der Waals surface area contributed by atoms with Crippen molar-refractivity contribution in [1.82, 2.24) is 0 Å². The minimum absolute atomic E-state index is 0.0127. The van der Waals surface area contributed by atoms with Crippen molar-refractivity contribution in [2.75, 3.05) is 19.6 Å². The van der Waals surface area contributed by atoms with E-state index in [1.807, 2.05) is 5.32 Å². The first kappa shape index (κ1) is 6.51. The van der Waals surface area contributed by atoms with E-state index in [4.69, 9.17) is 5.73 Å². The minimum atomic E-state index is -0.189. The quantitative estimate of drug-likeness (QED) is 0.333. The lowest BCUT2D eigenvalue weighted by atomic mass is 10.2. The van der Waals surface area contributed by atoms with Gasteiger partial charge in [-0.3, -0.25) is 4.79 Å². The molecule has 4 heteroatoms. The number of carbonyl (C=O) groups excluding carboxylic acids is 1. The summed E-state index contributed by atoms with van der Waals surface area (Å²) in [6.07, 6.45) is 0. The Bertz CT molecular complexity index is 109. The van der Waals surface area contributed by atoms with Crippen molar-refractivity contribution >= 4 is 5.91 Å². The normalized spacial score (nSPS) is 27.8. The molecule has 6 N–H and O–H groups in total. The molecule has 1 aliphatic heterocycles. The molecule has 0 spiro atoms. The number of nitrogens with two attached hydrogens (primary N) is 3. The standard InChI is InChI=1S/C5H11N3O/c6-5(9)4-3-7-1-2-8-4/h4,7-8H,1-3H2,(H2,6,9)/p+2/t4-/m0/s1. The predicted octanol–water partition coefficient (Wildman–Crippen LogP) is -4.02. The van der Waals surface area contributed by atoms with Gasteiger partial charge >= 0.3 is 0 Å². The molecule has 1 atom stereocenters. The molecule has 1 fully saturated rings. The second-order valence-corrected chi connectivity index (χ2v) is 2.35. The lowest BCUT2D eigenvalue weighted by Crippen LogP contribution is -3.09. The van der Waals surface area contributed by atoms with Crippen LogP contribution in [0.5, 0.6) is 0 Å². The van der Waals surface area contributed by atoms with Crippen LogP contribution < -0.4 is 16.4 Å². The average molecular weight is 131 g/mol. The largest absolute Gasteiger partial charge is 0.364 e. The maximum absolute atomic E-state index is 10.5. The van der Waals surface area contributed by atoms with Gasteiger partial charge < -0.3 is 16.4 Å². The van der Waals surface area contributed by atoms with E-state index < -0.39 is 0 Å². The van der Waals surface area contributed by atoms with Gasteiger partial charge in [-0.2, -0.15) is 0 Å². The Kier molecular flexibility index (Phi) is 2.02. The van der Waals surface area contributed by atoms with Crippen LogP contribution in [-0.2, 0) is 4.79 Å². The predicted molar refractivity (Wildman–Crippen MR) is 31.4 cm³/mol. The lowest BCUT2D eigenvalue weighted by Gasteiger charge is -2.14. The van der Waals surface area contributed by atoms with E-state index in [0.29, 0.717) is 0 Å². The summed E-state index contributed by atoms with van der Waals surface area (Å²) in [6.45, 7) is 2.95. The van der Waals surface area contributed by atoms with Crippen LogP contribution in [0.1, 0.15) is 0 Å². The smallest absolute Gasteiger partial charge is 0.281 e. The van der Waals surface area contributed by atoms with Gasteiger partial charge in [0.05, 0.1) is 0 Å². The van der Waals surface area contributed by atoms with Gasteiger partial charge in [-0.25, -0.2) is 0 Å². The van der Waals surface area contributed by atoms with Crippen LogP contribution in [0.25, 0.3) is 0 Å². The summed E-state index contributed by atoms with van der Waals surface area (Å²) in [5, 5.41) is 4.12. The lowest BCUT2D eigenvalue weighted by molar-refractivity contribution is -0.801. The number of primary amides is 1. The third-order valence-electron chi connectivity index (χ3n) is 1.61.